The molecule has 1 saturated carbocycles. The molecule has 1 aromatic carbocycles. The summed E-state index contributed by atoms with van der Waals surface area (Å²) in [6.45, 7) is 2.57. The lowest BCUT2D eigenvalue weighted by atomic mass is 9.91. The Bertz CT molecular complexity index is 966. The van der Waals surface area contributed by atoms with Crippen molar-refractivity contribution < 1.29 is 18.3 Å². The molecule has 0 bridgehead atoms. The van der Waals surface area contributed by atoms with Crippen molar-refractivity contribution in [1.29, 1.82) is 0 Å². The third-order valence-corrected chi connectivity index (χ3v) is 7.23. The molecular formula is C26H35ClF2N4O2. The highest BCUT2D eigenvalue weighted by Crippen LogP contribution is 2.34. The third-order valence-electron chi connectivity index (χ3n) is 6.93. The van der Waals surface area contributed by atoms with E-state index in [0.717, 1.165) is 32.2 Å². The van der Waals surface area contributed by atoms with Gasteiger partial charge in [-0.2, -0.15) is 0 Å². The van der Waals surface area contributed by atoms with Gasteiger partial charge >= 0.3 is 0 Å². The largest absolute Gasteiger partial charge is 0.383 e. The fourth-order valence-corrected chi connectivity index (χ4v) is 4.96. The summed E-state index contributed by atoms with van der Waals surface area (Å²) in [6.07, 6.45) is 6.45. The van der Waals surface area contributed by atoms with Crippen LogP contribution < -0.4 is 16.0 Å². The van der Waals surface area contributed by atoms with Crippen molar-refractivity contribution in [3.05, 3.63) is 41.3 Å². The van der Waals surface area contributed by atoms with Gasteiger partial charge in [-0.25, -0.2) is 13.8 Å². The molecule has 3 N–H and O–H groups in total. The first-order chi connectivity index (χ1) is 17.0. The van der Waals surface area contributed by atoms with Crippen LogP contribution >= 0.6 is 11.6 Å². The summed E-state index contributed by atoms with van der Waals surface area (Å²) >= 11 is 6.43. The lowest BCUT2D eigenvalue weighted by Gasteiger charge is -2.30. The molecule has 192 valence electrons. The molecule has 1 aliphatic carbocycles. The van der Waals surface area contributed by atoms with E-state index < -0.39 is 11.5 Å². The quantitative estimate of drug-likeness (QED) is 0.372. The average molecular weight is 509 g/mol. The monoisotopic (exact) mass is 508 g/mol. The van der Waals surface area contributed by atoms with E-state index in [1.165, 1.54) is 6.07 Å². The number of alkyl halides is 1. The van der Waals surface area contributed by atoms with E-state index in [4.69, 9.17) is 21.1 Å². The van der Waals surface area contributed by atoms with E-state index in [1.54, 1.807) is 31.5 Å². The number of anilines is 2. The van der Waals surface area contributed by atoms with Crippen LogP contribution in [0.3, 0.4) is 0 Å². The second-order valence-electron chi connectivity index (χ2n) is 9.50. The Morgan fingerprint density at radius 2 is 1.86 bits per heavy atom. The molecule has 2 fully saturated rings. The van der Waals surface area contributed by atoms with Crippen molar-refractivity contribution in [2.75, 3.05) is 50.7 Å². The molecule has 0 unspecified atom stereocenters. The lowest BCUT2D eigenvalue weighted by molar-refractivity contribution is -0.00115. The van der Waals surface area contributed by atoms with Gasteiger partial charge < -0.3 is 25.4 Å². The van der Waals surface area contributed by atoms with Crippen LogP contribution in [0.25, 0.3) is 11.1 Å². The molecule has 2 aromatic rings. The molecule has 0 atom stereocenters. The van der Waals surface area contributed by atoms with E-state index in [1.807, 2.05) is 0 Å². The Labute approximate surface area is 211 Å². The van der Waals surface area contributed by atoms with Gasteiger partial charge in [0.2, 0.25) is 0 Å². The molecule has 0 amide bonds. The topological polar surface area (TPSA) is 67.4 Å². The molecule has 4 rings (SSSR count). The number of nitrogens with one attached hydrogen (secondary N) is 3. The SMILES string of the molecule is COCCNC1CCC(Nc2cc(-c3cc(NCC4(F)CCOCC4)ccc3F)c(Cl)cn2)CC1. The zero-order valence-corrected chi connectivity index (χ0v) is 21.0. The van der Waals surface area contributed by atoms with E-state index in [0.29, 0.717) is 72.4 Å². The highest BCUT2D eigenvalue weighted by Gasteiger charge is 2.32. The van der Waals surface area contributed by atoms with Crippen molar-refractivity contribution in [3.63, 3.8) is 0 Å². The second-order valence-corrected chi connectivity index (χ2v) is 9.91. The minimum atomic E-state index is -1.32. The van der Waals surface area contributed by atoms with Crippen molar-refractivity contribution in [2.24, 2.45) is 0 Å². The van der Waals surface area contributed by atoms with Gasteiger partial charge in [-0.1, -0.05) is 11.6 Å². The minimum Gasteiger partial charge on any atom is -0.383 e. The Morgan fingerprint density at radius 1 is 1.11 bits per heavy atom. The molecule has 9 heteroatoms. The molecule has 35 heavy (non-hydrogen) atoms. The fourth-order valence-electron chi connectivity index (χ4n) is 4.76. The first-order valence-electron chi connectivity index (χ1n) is 12.4. The van der Waals surface area contributed by atoms with Crippen LogP contribution in [0.15, 0.2) is 30.5 Å². The van der Waals surface area contributed by atoms with Gasteiger partial charge in [0.05, 0.1) is 11.6 Å². The summed E-state index contributed by atoms with van der Waals surface area (Å²) in [6, 6.07) is 7.28. The number of ether oxygens (including phenoxy) is 2. The van der Waals surface area contributed by atoms with Crippen LogP contribution in [0.1, 0.15) is 38.5 Å². The van der Waals surface area contributed by atoms with E-state index >= 15 is 0 Å². The Morgan fingerprint density at radius 3 is 2.60 bits per heavy atom. The standard InChI is InChI=1S/C26H35ClF2N4O2/c1-34-13-10-30-18-2-4-19(5-3-18)33-25-15-21(23(27)16-31-25)22-14-20(6-7-24(22)28)32-17-26(29)8-11-35-12-9-26/h6-7,14-16,18-19,30,32H,2-5,8-13,17H2,1H3,(H,31,33). The number of benzene rings is 1. The fraction of sp³-hybridized carbons (Fsp3) is 0.577. The Kier molecular flexibility index (Phi) is 9.16. The van der Waals surface area contributed by atoms with Crippen LogP contribution in [0.5, 0.6) is 0 Å². The molecule has 1 aliphatic heterocycles. The predicted molar refractivity (Wildman–Crippen MR) is 137 cm³/mol. The summed E-state index contributed by atoms with van der Waals surface area (Å²) in [7, 11) is 1.71. The smallest absolute Gasteiger partial charge is 0.132 e. The number of hydrogen-bond donors (Lipinski definition) is 3. The third kappa shape index (κ3) is 7.26. The maximum atomic E-state index is 14.9. The second kappa shape index (κ2) is 12.3. The number of aromatic nitrogens is 1. The van der Waals surface area contributed by atoms with Gasteiger partial charge in [0.25, 0.3) is 0 Å². The number of hydrogen-bond acceptors (Lipinski definition) is 6. The molecule has 0 spiro atoms. The maximum absolute atomic E-state index is 14.9. The zero-order chi connectivity index (χ0) is 24.7. The van der Waals surface area contributed by atoms with Gasteiger partial charge in [0.1, 0.15) is 17.3 Å². The normalized spacial score (nSPS) is 22.1. The summed E-state index contributed by atoms with van der Waals surface area (Å²) in [4.78, 5) is 4.42. The number of pyridine rings is 1. The molecule has 1 aromatic heterocycles. The van der Waals surface area contributed by atoms with E-state index in [9.17, 15) is 8.78 Å². The van der Waals surface area contributed by atoms with Crippen molar-refractivity contribution in [2.45, 2.75) is 56.3 Å². The lowest BCUT2D eigenvalue weighted by Crippen LogP contribution is -2.38. The van der Waals surface area contributed by atoms with Gasteiger partial charge in [-0.15, -0.1) is 0 Å². The van der Waals surface area contributed by atoms with E-state index in [-0.39, 0.29) is 6.54 Å². The molecule has 2 heterocycles. The minimum absolute atomic E-state index is 0.154. The van der Waals surface area contributed by atoms with Crippen LogP contribution in [0.2, 0.25) is 5.02 Å². The maximum Gasteiger partial charge on any atom is 0.132 e. The molecule has 2 aliphatic rings. The number of halogens is 3. The first-order valence-corrected chi connectivity index (χ1v) is 12.8. The van der Waals surface area contributed by atoms with Gasteiger partial charge in [-0.3, -0.25) is 0 Å². The summed E-state index contributed by atoms with van der Waals surface area (Å²) in [5, 5.41) is 10.5. The van der Waals surface area contributed by atoms with Crippen molar-refractivity contribution >= 4 is 23.1 Å². The Balaban J connectivity index is 1.40. The summed E-state index contributed by atoms with van der Waals surface area (Å²) < 4.78 is 40.1. The molecule has 6 nitrogen and oxygen atoms in total. The summed E-state index contributed by atoms with van der Waals surface area (Å²) in [5.74, 6) is 0.279. The van der Waals surface area contributed by atoms with Crippen LogP contribution in [0, 0.1) is 5.82 Å². The highest BCUT2D eigenvalue weighted by molar-refractivity contribution is 6.33. The predicted octanol–water partition coefficient (Wildman–Crippen LogP) is 5.43. The van der Waals surface area contributed by atoms with Crippen LogP contribution in [-0.4, -0.2) is 62.8 Å². The van der Waals surface area contributed by atoms with Crippen molar-refractivity contribution in [3.8, 4) is 11.1 Å². The molecule has 1 saturated heterocycles. The number of methoxy groups -OCH3 is 1. The summed E-state index contributed by atoms with van der Waals surface area (Å²) in [5.41, 5.74) is 0.237. The van der Waals surface area contributed by atoms with Gasteiger partial charge in [-0.05, 0) is 49.9 Å². The van der Waals surface area contributed by atoms with E-state index in [2.05, 4.69) is 20.9 Å². The first kappa shape index (κ1) is 26.1. The molecule has 0 radical (unpaired) electrons. The number of rotatable bonds is 10. The number of nitrogens with zero attached hydrogens (tertiary/aromatic N) is 1. The van der Waals surface area contributed by atoms with Crippen molar-refractivity contribution in [1.82, 2.24) is 10.3 Å². The Hall–Kier alpha value is -2.00. The van der Waals surface area contributed by atoms with Crippen LogP contribution in [0.4, 0.5) is 20.3 Å². The van der Waals surface area contributed by atoms with Gasteiger partial charge in [0, 0.05) is 81.3 Å². The highest BCUT2D eigenvalue weighted by atomic mass is 35.5. The van der Waals surface area contributed by atoms with Crippen LogP contribution in [-0.2, 0) is 9.47 Å². The van der Waals surface area contributed by atoms with Gasteiger partial charge in [0.15, 0.2) is 0 Å². The average Bonchev–Trinajstić information content (AvgIpc) is 2.86. The molecular weight excluding hydrogens is 474 g/mol. The zero-order valence-electron chi connectivity index (χ0n) is 20.2.